The van der Waals surface area contributed by atoms with Gasteiger partial charge in [0.15, 0.2) is 5.82 Å². The van der Waals surface area contributed by atoms with Gasteiger partial charge in [0.2, 0.25) is 5.91 Å². The molecule has 0 atom stereocenters. The number of halogens is 2. The van der Waals surface area contributed by atoms with Gasteiger partial charge in [-0.2, -0.15) is 0 Å². The van der Waals surface area contributed by atoms with Crippen molar-refractivity contribution < 1.29 is 27.9 Å². The fourth-order valence-electron chi connectivity index (χ4n) is 3.21. The first-order valence-electron chi connectivity index (χ1n) is 10.1. The molecule has 0 bridgehead atoms. The van der Waals surface area contributed by atoms with Gasteiger partial charge >= 0.3 is 5.97 Å². The molecular formula is C25H19F2NO4. The molecule has 0 aliphatic heterocycles. The third-order valence-corrected chi connectivity index (χ3v) is 5.09. The summed E-state index contributed by atoms with van der Waals surface area (Å²) in [5.74, 6) is -4.25. The summed E-state index contributed by atoms with van der Waals surface area (Å²) in [4.78, 5) is 39.2. The zero-order valence-electron chi connectivity index (χ0n) is 17.0. The Labute approximate surface area is 183 Å². The number of hydrogen-bond acceptors (Lipinski definition) is 4. The van der Waals surface area contributed by atoms with E-state index in [1.807, 2.05) is 6.07 Å². The second kappa shape index (κ2) is 9.09. The van der Waals surface area contributed by atoms with Gasteiger partial charge < -0.3 is 4.74 Å². The minimum Gasteiger partial charge on any atom is -0.457 e. The summed E-state index contributed by atoms with van der Waals surface area (Å²) < 4.78 is 33.8. The van der Waals surface area contributed by atoms with Crippen LogP contribution in [0.3, 0.4) is 0 Å². The van der Waals surface area contributed by atoms with E-state index in [4.69, 9.17) is 4.74 Å². The molecule has 7 heteroatoms. The fraction of sp³-hybridized carbons (Fsp3) is 0.160. The van der Waals surface area contributed by atoms with Crippen LogP contribution in [0.4, 0.5) is 14.5 Å². The number of esters is 1. The maximum Gasteiger partial charge on any atom is 0.341 e. The van der Waals surface area contributed by atoms with Crippen LogP contribution in [0.1, 0.15) is 39.1 Å². The molecule has 1 aliphatic carbocycles. The van der Waals surface area contributed by atoms with E-state index in [0.29, 0.717) is 12.8 Å². The zero-order valence-corrected chi connectivity index (χ0v) is 17.0. The van der Waals surface area contributed by atoms with Crippen LogP contribution in [-0.2, 0) is 16.1 Å². The molecule has 1 fully saturated rings. The average Bonchev–Trinajstić information content (AvgIpc) is 3.65. The van der Waals surface area contributed by atoms with E-state index in [2.05, 4.69) is 0 Å². The maximum absolute atomic E-state index is 15.4. The van der Waals surface area contributed by atoms with E-state index in [9.17, 15) is 18.8 Å². The van der Waals surface area contributed by atoms with Crippen LogP contribution in [-0.4, -0.2) is 17.8 Å². The minimum atomic E-state index is -1.03. The van der Waals surface area contributed by atoms with Gasteiger partial charge in [-0.1, -0.05) is 36.4 Å². The van der Waals surface area contributed by atoms with Gasteiger partial charge in [0, 0.05) is 11.5 Å². The molecule has 5 nitrogen and oxygen atoms in total. The second-order valence-corrected chi connectivity index (χ2v) is 7.46. The van der Waals surface area contributed by atoms with Crippen molar-refractivity contribution in [1.82, 2.24) is 0 Å². The maximum atomic E-state index is 15.4. The number of benzene rings is 3. The largest absolute Gasteiger partial charge is 0.457 e. The Morgan fingerprint density at radius 1 is 0.875 bits per heavy atom. The molecule has 3 aromatic rings. The lowest BCUT2D eigenvalue weighted by Gasteiger charge is -2.22. The molecule has 0 saturated heterocycles. The van der Waals surface area contributed by atoms with Crippen molar-refractivity contribution in [2.75, 3.05) is 4.90 Å². The van der Waals surface area contributed by atoms with Gasteiger partial charge in [-0.15, -0.1) is 0 Å². The Hall–Kier alpha value is -3.87. The number of ether oxygens (including phenoxy) is 1. The second-order valence-electron chi connectivity index (χ2n) is 7.46. The topological polar surface area (TPSA) is 63.7 Å². The number of carbonyl (C=O) groups excluding carboxylic acids is 3. The van der Waals surface area contributed by atoms with Crippen molar-refractivity contribution in [2.24, 2.45) is 5.92 Å². The van der Waals surface area contributed by atoms with Crippen LogP contribution in [0.15, 0.2) is 72.8 Å². The molecule has 162 valence electrons. The van der Waals surface area contributed by atoms with Crippen molar-refractivity contribution in [3.63, 3.8) is 0 Å². The number of rotatable bonds is 6. The van der Waals surface area contributed by atoms with Gasteiger partial charge in [0.25, 0.3) is 5.91 Å². The number of imide groups is 1. The van der Waals surface area contributed by atoms with Crippen molar-refractivity contribution in [2.45, 2.75) is 19.4 Å². The van der Waals surface area contributed by atoms with E-state index in [-0.39, 0.29) is 23.4 Å². The molecule has 1 aliphatic rings. The summed E-state index contributed by atoms with van der Waals surface area (Å²) in [5, 5.41) is 0. The number of hydrogen-bond donors (Lipinski definition) is 0. The standard InChI is InChI=1S/C25H19F2NO4/c26-19-13-11-18(12-14-19)24(30)28(23(29)17-9-10-17)21-8-4-7-20(22(21)27)25(31)32-15-16-5-2-1-3-6-16/h1-8,11-14,17H,9-10,15H2. The summed E-state index contributed by atoms with van der Waals surface area (Å²) >= 11 is 0. The summed E-state index contributed by atoms with van der Waals surface area (Å²) in [5.41, 5.74) is 0.0237. The molecule has 0 aromatic heterocycles. The molecule has 0 unspecified atom stereocenters. The lowest BCUT2D eigenvalue weighted by Crippen LogP contribution is -2.39. The highest BCUT2D eigenvalue weighted by Crippen LogP contribution is 2.35. The van der Waals surface area contributed by atoms with E-state index in [1.54, 1.807) is 24.3 Å². The van der Waals surface area contributed by atoms with Gasteiger partial charge in [-0.25, -0.2) is 18.5 Å². The normalized spacial score (nSPS) is 12.8. The molecular weight excluding hydrogens is 416 g/mol. The van der Waals surface area contributed by atoms with Crippen LogP contribution < -0.4 is 4.90 Å². The monoisotopic (exact) mass is 435 g/mol. The van der Waals surface area contributed by atoms with E-state index in [0.717, 1.165) is 22.6 Å². The minimum absolute atomic E-state index is 0.0249. The van der Waals surface area contributed by atoms with Crippen LogP contribution in [0.5, 0.6) is 0 Å². The first-order valence-corrected chi connectivity index (χ1v) is 10.1. The number of nitrogens with zero attached hydrogens (tertiary/aromatic N) is 1. The molecule has 32 heavy (non-hydrogen) atoms. The summed E-state index contributed by atoms with van der Waals surface area (Å²) in [6.45, 7) is -0.0530. The Morgan fingerprint density at radius 2 is 1.56 bits per heavy atom. The third-order valence-electron chi connectivity index (χ3n) is 5.09. The van der Waals surface area contributed by atoms with Gasteiger partial charge in [0.1, 0.15) is 12.4 Å². The Balaban J connectivity index is 1.64. The molecule has 0 N–H and O–H groups in total. The van der Waals surface area contributed by atoms with Gasteiger partial charge in [0.05, 0.1) is 11.3 Å². The molecule has 0 radical (unpaired) electrons. The zero-order chi connectivity index (χ0) is 22.7. The Morgan fingerprint density at radius 3 is 2.22 bits per heavy atom. The summed E-state index contributed by atoms with van der Waals surface area (Å²) in [6, 6.07) is 17.4. The Kier molecular flexibility index (Phi) is 6.07. The van der Waals surface area contributed by atoms with Gasteiger partial charge in [-0.05, 0) is 54.8 Å². The predicted octanol–water partition coefficient (Wildman–Crippen LogP) is 4.91. The van der Waals surface area contributed by atoms with E-state index >= 15 is 4.39 Å². The Bertz CT molecular complexity index is 1160. The highest BCUT2D eigenvalue weighted by Gasteiger charge is 2.39. The van der Waals surface area contributed by atoms with Crippen molar-refractivity contribution in [3.05, 3.63) is 101 Å². The van der Waals surface area contributed by atoms with Crippen molar-refractivity contribution >= 4 is 23.5 Å². The molecule has 3 aromatic carbocycles. The number of amides is 2. The van der Waals surface area contributed by atoms with Crippen molar-refractivity contribution in [3.8, 4) is 0 Å². The molecule has 4 rings (SSSR count). The first-order chi connectivity index (χ1) is 15.5. The molecule has 0 spiro atoms. The van der Waals surface area contributed by atoms with Gasteiger partial charge in [-0.3, -0.25) is 9.59 Å². The quantitative estimate of drug-likeness (QED) is 0.408. The highest BCUT2D eigenvalue weighted by atomic mass is 19.1. The van der Waals surface area contributed by atoms with Crippen LogP contribution in [0.25, 0.3) is 0 Å². The van der Waals surface area contributed by atoms with E-state index < -0.39 is 35.3 Å². The summed E-state index contributed by atoms with van der Waals surface area (Å²) in [6.07, 6.45) is 1.18. The molecule has 2 amide bonds. The lowest BCUT2D eigenvalue weighted by atomic mass is 10.1. The summed E-state index contributed by atoms with van der Waals surface area (Å²) in [7, 11) is 0. The smallest absolute Gasteiger partial charge is 0.341 e. The van der Waals surface area contributed by atoms with Crippen LogP contribution in [0.2, 0.25) is 0 Å². The number of carbonyl (C=O) groups is 3. The molecule has 0 heterocycles. The SMILES string of the molecule is O=C(OCc1ccccc1)c1cccc(N(C(=O)c2ccc(F)cc2)C(=O)C2CC2)c1F. The highest BCUT2D eigenvalue weighted by molar-refractivity contribution is 6.22. The van der Waals surface area contributed by atoms with Crippen molar-refractivity contribution in [1.29, 1.82) is 0 Å². The van der Waals surface area contributed by atoms with Crippen LogP contribution >= 0.6 is 0 Å². The van der Waals surface area contributed by atoms with E-state index in [1.165, 1.54) is 30.3 Å². The lowest BCUT2D eigenvalue weighted by molar-refractivity contribution is -0.119. The average molecular weight is 435 g/mol. The number of anilines is 1. The predicted molar refractivity (Wildman–Crippen MR) is 113 cm³/mol. The fourth-order valence-corrected chi connectivity index (χ4v) is 3.21. The van der Waals surface area contributed by atoms with Crippen LogP contribution in [0, 0.1) is 17.6 Å². The first kappa shape index (κ1) is 21.4. The third kappa shape index (κ3) is 4.56. The molecule has 1 saturated carbocycles.